The number of hydrogen-bond acceptors (Lipinski definition) is 7. The molecule has 2 aliphatic rings. The Hall–Kier alpha value is -4.25. The molecule has 0 bridgehead atoms. The lowest BCUT2D eigenvalue weighted by Crippen LogP contribution is -2.41. The van der Waals surface area contributed by atoms with E-state index in [4.69, 9.17) is 8.83 Å². The van der Waals surface area contributed by atoms with Crippen LogP contribution in [0.2, 0.25) is 0 Å². The molecule has 41 heavy (non-hydrogen) atoms. The Labute approximate surface area is 234 Å². The number of carbonyl (C=O) groups excluding carboxylic acids is 2. The van der Waals surface area contributed by atoms with E-state index >= 15 is 0 Å². The monoisotopic (exact) mass is 562 g/mol. The standard InChI is InChI=1S/C30H31FN4O6/c31-21-6-3-19(4-7-21)9-14-33-15-10-22(11-16-33)35-24-17-20(18-25(36)32-30(39)34-12-1-2-13-34)5-8-23(24)26-27(35)41-29(38)28(37)40-26/h3-8,17,22H,1-2,9-16,18H2,(H,32,36,39). The minimum absolute atomic E-state index is 0.00717. The Morgan fingerprint density at radius 1 is 0.902 bits per heavy atom. The molecule has 0 unspecified atom stereocenters. The number of likely N-dealkylation sites (tertiary alicyclic amines) is 2. The van der Waals surface area contributed by atoms with Gasteiger partial charge in [0.05, 0.1) is 11.9 Å². The molecular formula is C30H31FN4O6. The number of hydrogen-bond donors (Lipinski definition) is 1. The zero-order chi connectivity index (χ0) is 28.5. The van der Waals surface area contributed by atoms with E-state index in [2.05, 4.69) is 10.2 Å². The number of nitrogens with one attached hydrogen (secondary N) is 1. The third kappa shape index (κ3) is 5.67. The van der Waals surface area contributed by atoms with E-state index in [1.807, 2.05) is 10.6 Å². The summed E-state index contributed by atoms with van der Waals surface area (Å²) in [6.07, 6.45) is 4.20. The number of carbonyl (C=O) groups is 2. The molecule has 2 saturated heterocycles. The first-order valence-corrected chi connectivity index (χ1v) is 14.0. The van der Waals surface area contributed by atoms with E-state index in [-0.39, 0.29) is 35.6 Å². The normalized spacial score (nSPS) is 16.6. The maximum Gasteiger partial charge on any atom is 0.424 e. The van der Waals surface area contributed by atoms with Crippen molar-refractivity contribution in [1.82, 2.24) is 19.7 Å². The molecule has 10 nitrogen and oxygen atoms in total. The van der Waals surface area contributed by atoms with Gasteiger partial charge >= 0.3 is 17.3 Å². The Morgan fingerprint density at radius 2 is 1.59 bits per heavy atom. The Kier molecular flexibility index (Phi) is 7.44. The number of halogens is 1. The van der Waals surface area contributed by atoms with Crippen molar-refractivity contribution in [2.24, 2.45) is 0 Å². The number of nitrogens with zero attached hydrogens (tertiary/aromatic N) is 3. The third-order valence-electron chi connectivity index (χ3n) is 8.09. The first-order valence-electron chi connectivity index (χ1n) is 14.0. The van der Waals surface area contributed by atoms with E-state index < -0.39 is 17.2 Å². The van der Waals surface area contributed by atoms with E-state index in [0.717, 1.165) is 57.3 Å². The summed E-state index contributed by atoms with van der Waals surface area (Å²) in [6.45, 7) is 3.73. The van der Waals surface area contributed by atoms with Gasteiger partial charge in [0.1, 0.15) is 5.82 Å². The summed E-state index contributed by atoms with van der Waals surface area (Å²) in [6, 6.07) is 11.5. The maximum atomic E-state index is 13.2. The fourth-order valence-corrected chi connectivity index (χ4v) is 5.92. The summed E-state index contributed by atoms with van der Waals surface area (Å²) in [5.74, 6) is -0.654. The van der Waals surface area contributed by atoms with Crippen molar-refractivity contribution >= 4 is 34.1 Å². The van der Waals surface area contributed by atoms with Gasteiger partial charge in [0, 0.05) is 44.2 Å². The zero-order valence-electron chi connectivity index (χ0n) is 22.6. The fourth-order valence-electron chi connectivity index (χ4n) is 5.92. The molecule has 4 aromatic rings. The number of benzene rings is 2. The van der Waals surface area contributed by atoms with Gasteiger partial charge in [0.15, 0.2) is 0 Å². The average molecular weight is 563 g/mol. The highest BCUT2D eigenvalue weighted by Crippen LogP contribution is 2.35. The smallest absolute Gasteiger partial charge is 0.412 e. The van der Waals surface area contributed by atoms with Gasteiger partial charge in [-0.1, -0.05) is 18.2 Å². The van der Waals surface area contributed by atoms with Gasteiger partial charge < -0.3 is 23.2 Å². The van der Waals surface area contributed by atoms with Crippen LogP contribution in [0.3, 0.4) is 0 Å². The molecule has 2 aromatic carbocycles. The largest absolute Gasteiger partial charge is 0.424 e. The molecule has 11 heteroatoms. The first-order chi connectivity index (χ1) is 19.9. The molecule has 2 fully saturated rings. The Bertz CT molecular complexity index is 1710. The maximum absolute atomic E-state index is 13.2. The molecule has 3 amide bonds. The lowest BCUT2D eigenvalue weighted by molar-refractivity contribution is -0.119. The fraction of sp³-hybridized carbons (Fsp3) is 0.400. The van der Waals surface area contributed by atoms with Crippen molar-refractivity contribution in [3.8, 4) is 0 Å². The number of urea groups is 1. The highest BCUT2D eigenvalue weighted by molar-refractivity contribution is 6.03. The summed E-state index contributed by atoms with van der Waals surface area (Å²) in [5.41, 5.74) is 0.692. The zero-order valence-corrected chi connectivity index (χ0v) is 22.6. The van der Waals surface area contributed by atoms with Gasteiger partial charge in [-0.25, -0.2) is 18.8 Å². The third-order valence-corrected chi connectivity index (χ3v) is 8.09. The van der Waals surface area contributed by atoms with Crippen LogP contribution >= 0.6 is 0 Å². The summed E-state index contributed by atoms with van der Waals surface area (Å²) < 4.78 is 26.0. The van der Waals surface area contributed by atoms with Crippen LogP contribution in [-0.2, 0) is 17.6 Å². The minimum atomic E-state index is -1.07. The predicted octanol–water partition coefficient (Wildman–Crippen LogP) is 3.59. The van der Waals surface area contributed by atoms with E-state index in [9.17, 15) is 23.6 Å². The average Bonchev–Trinajstić information content (AvgIpc) is 3.60. The first kappa shape index (κ1) is 26.9. The van der Waals surface area contributed by atoms with Gasteiger partial charge in [-0.3, -0.25) is 10.1 Å². The summed E-state index contributed by atoms with van der Waals surface area (Å²) >= 11 is 0. The van der Waals surface area contributed by atoms with E-state index in [1.165, 1.54) is 12.1 Å². The van der Waals surface area contributed by atoms with Crippen LogP contribution < -0.4 is 16.6 Å². The lowest BCUT2D eigenvalue weighted by atomic mass is 10.0. The van der Waals surface area contributed by atoms with Crippen molar-refractivity contribution in [2.75, 3.05) is 32.7 Å². The van der Waals surface area contributed by atoms with Gasteiger partial charge in [-0.15, -0.1) is 0 Å². The van der Waals surface area contributed by atoms with Crippen molar-refractivity contribution in [3.63, 3.8) is 0 Å². The van der Waals surface area contributed by atoms with E-state index in [1.54, 1.807) is 29.2 Å². The summed E-state index contributed by atoms with van der Waals surface area (Å²) in [4.78, 5) is 53.2. The predicted molar refractivity (Wildman–Crippen MR) is 149 cm³/mol. The quantitative estimate of drug-likeness (QED) is 0.357. The molecule has 0 atom stereocenters. The topological polar surface area (TPSA) is 118 Å². The summed E-state index contributed by atoms with van der Waals surface area (Å²) in [7, 11) is 0. The van der Waals surface area contributed by atoms with Gasteiger partial charge in [0.25, 0.3) is 0 Å². The van der Waals surface area contributed by atoms with Crippen LogP contribution in [0.4, 0.5) is 9.18 Å². The van der Waals surface area contributed by atoms with Crippen molar-refractivity contribution < 1.29 is 22.8 Å². The highest BCUT2D eigenvalue weighted by Gasteiger charge is 2.27. The highest BCUT2D eigenvalue weighted by atomic mass is 19.1. The number of amides is 3. The van der Waals surface area contributed by atoms with Crippen LogP contribution in [0.1, 0.15) is 42.9 Å². The van der Waals surface area contributed by atoms with Crippen LogP contribution in [0.25, 0.3) is 22.2 Å². The molecule has 214 valence electrons. The van der Waals surface area contributed by atoms with Crippen LogP contribution in [0.15, 0.2) is 60.9 Å². The van der Waals surface area contributed by atoms with Crippen molar-refractivity contribution in [2.45, 2.75) is 44.6 Å². The number of fused-ring (bicyclic) bond motifs is 3. The van der Waals surface area contributed by atoms with Gasteiger partial charge in [0.2, 0.25) is 17.2 Å². The second kappa shape index (κ2) is 11.3. The molecule has 0 radical (unpaired) electrons. The molecular weight excluding hydrogens is 531 g/mol. The molecule has 0 spiro atoms. The lowest BCUT2D eigenvalue weighted by Gasteiger charge is -2.33. The van der Waals surface area contributed by atoms with Crippen molar-refractivity contribution in [1.29, 1.82) is 0 Å². The number of piperidine rings is 1. The second-order valence-corrected chi connectivity index (χ2v) is 10.8. The number of imide groups is 1. The Balaban J connectivity index is 1.23. The molecule has 2 aromatic heterocycles. The molecule has 4 heterocycles. The molecule has 6 rings (SSSR count). The van der Waals surface area contributed by atoms with Crippen LogP contribution in [0, 0.1) is 5.82 Å². The number of aromatic nitrogens is 1. The van der Waals surface area contributed by atoms with Gasteiger partial charge in [-0.05, 0) is 67.5 Å². The molecule has 0 aliphatic carbocycles. The second-order valence-electron chi connectivity index (χ2n) is 10.8. The van der Waals surface area contributed by atoms with Crippen molar-refractivity contribution in [3.05, 3.63) is 80.2 Å². The van der Waals surface area contributed by atoms with E-state index in [0.29, 0.717) is 29.6 Å². The van der Waals surface area contributed by atoms with Crippen LogP contribution in [0.5, 0.6) is 0 Å². The Morgan fingerprint density at radius 3 is 2.32 bits per heavy atom. The summed E-state index contributed by atoms with van der Waals surface area (Å²) in [5, 5.41) is 3.07. The van der Waals surface area contributed by atoms with Crippen LogP contribution in [-0.4, -0.2) is 59.0 Å². The molecule has 1 N–H and O–H groups in total. The van der Waals surface area contributed by atoms with Gasteiger partial charge in [-0.2, -0.15) is 0 Å². The minimum Gasteiger partial charge on any atom is -0.412 e. The SMILES string of the molecule is O=C(Cc1ccc2c3oc(=O)c(=O)oc3n(C3CCN(CCc4ccc(F)cc4)CC3)c2c1)NC(=O)N1CCCC1. The number of rotatable bonds is 6. The molecule has 2 aliphatic heterocycles. The molecule has 0 saturated carbocycles.